The van der Waals surface area contributed by atoms with Crippen molar-refractivity contribution in [2.75, 3.05) is 39.6 Å². The highest BCUT2D eigenvalue weighted by Crippen LogP contribution is 2.45. The first-order valence-corrected chi connectivity index (χ1v) is 43.7. The standard InChI is InChI=1S/C87H144O17P2/c1-5-9-13-17-21-25-29-33-36-38-40-42-45-48-51-55-59-63-67-71-84(89)97-77-82(103-86(91)73-69-65-61-57-53-47-32-28-24-20-16-12-8-4)79-101-105(93,94)99-75-81(88)76-100-106(95,96)102-80-83(104-87(92)74-70-66-62-58-54-50-44-35-31-27-23-19-15-11-7-3)78-98-85(90)72-68-64-60-56-52-49-46-43-41-39-37-34-30-26-22-18-14-10-6-2/h9-10,13-14,21-23,25-28,32-37,40-44,49,52,60,64,81-83,88H,5-8,11-12,15-20,24,29-31,38-39,45-48,50-51,53-59,61-63,65-80H2,1-4H3,(H,93,94)(H,95,96)/b13-9-,14-10-,25-21-,26-22-,27-23-,32-28-,36-33-,37-34-,42-40-,43-41-,44-35-,52-49-,64-60-. The molecule has 0 aromatic carbocycles. The quantitative estimate of drug-likeness (QED) is 0.0169. The van der Waals surface area contributed by atoms with Gasteiger partial charge in [0, 0.05) is 25.7 Å². The summed E-state index contributed by atoms with van der Waals surface area (Å²) in [6.45, 7) is 4.48. The van der Waals surface area contributed by atoms with Gasteiger partial charge >= 0.3 is 39.5 Å². The highest BCUT2D eigenvalue weighted by atomic mass is 31.2. The molecule has 0 saturated heterocycles. The molecule has 0 aliphatic carbocycles. The summed E-state index contributed by atoms with van der Waals surface area (Å²) in [6.07, 6.45) is 90.9. The second-order valence-electron chi connectivity index (χ2n) is 26.6. The Balaban J connectivity index is 5.44. The number of phosphoric ester groups is 2. The highest BCUT2D eigenvalue weighted by Gasteiger charge is 2.30. The van der Waals surface area contributed by atoms with Gasteiger partial charge in [-0.3, -0.25) is 37.3 Å². The van der Waals surface area contributed by atoms with E-state index in [1.54, 1.807) is 0 Å². The predicted octanol–water partition coefficient (Wildman–Crippen LogP) is 24.0. The van der Waals surface area contributed by atoms with Gasteiger partial charge in [-0.05, 0) is 161 Å². The molecule has 0 radical (unpaired) electrons. The molecule has 5 atom stereocenters. The Morgan fingerprint density at radius 1 is 0.274 bits per heavy atom. The van der Waals surface area contributed by atoms with Gasteiger partial charge in [0.25, 0.3) is 0 Å². The average Bonchev–Trinajstić information content (AvgIpc) is 0.933. The number of aliphatic hydroxyl groups excluding tert-OH is 1. The first kappa shape index (κ1) is 101. The van der Waals surface area contributed by atoms with E-state index in [1.807, 2.05) is 18.2 Å². The lowest BCUT2D eigenvalue weighted by atomic mass is 10.1. The second kappa shape index (κ2) is 77.8. The molecule has 0 heterocycles. The molecular weight excluding hydrogens is 1380 g/mol. The Morgan fingerprint density at radius 3 is 0.840 bits per heavy atom. The van der Waals surface area contributed by atoms with Crippen LogP contribution in [0.1, 0.15) is 310 Å². The van der Waals surface area contributed by atoms with Gasteiger partial charge in [-0.1, -0.05) is 282 Å². The minimum absolute atomic E-state index is 0.0286. The summed E-state index contributed by atoms with van der Waals surface area (Å²) in [4.78, 5) is 73.1. The van der Waals surface area contributed by atoms with Crippen molar-refractivity contribution < 1.29 is 80.2 Å². The zero-order valence-corrected chi connectivity index (χ0v) is 67.8. The largest absolute Gasteiger partial charge is 0.472 e. The van der Waals surface area contributed by atoms with Crippen LogP contribution in [0.3, 0.4) is 0 Å². The van der Waals surface area contributed by atoms with E-state index in [-0.39, 0.29) is 25.7 Å². The highest BCUT2D eigenvalue weighted by molar-refractivity contribution is 7.47. The van der Waals surface area contributed by atoms with Crippen LogP contribution in [-0.2, 0) is 65.4 Å². The Bertz CT molecular complexity index is 2630. The third-order valence-electron chi connectivity index (χ3n) is 16.5. The second-order valence-corrected chi connectivity index (χ2v) is 29.5. The van der Waals surface area contributed by atoms with Crippen LogP contribution in [0, 0.1) is 0 Å². The normalized spacial score (nSPS) is 14.7. The van der Waals surface area contributed by atoms with E-state index < -0.39 is 97.5 Å². The lowest BCUT2D eigenvalue weighted by molar-refractivity contribution is -0.161. The zero-order chi connectivity index (χ0) is 77.4. The summed E-state index contributed by atoms with van der Waals surface area (Å²) >= 11 is 0. The Morgan fingerprint density at radius 2 is 0.509 bits per heavy atom. The van der Waals surface area contributed by atoms with Crippen LogP contribution in [-0.4, -0.2) is 96.7 Å². The fourth-order valence-electron chi connectivity index (χ4n) is 10.3. The maximum Gasteiger partial charge on any atom is 0.472 e. The number of esters is 4. The average molecular weight is 1520 g/mol. The molecular formula is C87H144O17P2. The van der Waals surface area contributed by atoms with Crippen molar-refractivity contribution in [2.45, 2.75) is 329 Å². The van der Waals surface area contributed by atoms with E-state index in [4.69, 9.17) is 37.0 Å². The number of ether oxygens (including phenoxy) is 4. The monoisotopic (exact) mass is 1520 g/mol. The third kappa shape index (κ3) is 76.9. The molecule has 0 amide bonds. The maximum absolute atomic E-state index is 13.1. The molecule has 19 heteroatoms. The van der Waals surface area contributed by atoms with Gasteiger partial charge in [0.15, 0.2) is 12.2 Å². The minimum Gasteiger partial charge on any atom is -0.462 e. The number of hydrogen-bond donors (Lipinski definition) is 3. The molecule has 106 heavy (non-hydrogen) atoms. The van der Waals surface area contributed by atoms with E-state index >= 15 is 0 Å². The molecule has 604 valence electrons. The van der Waals surface area contributed by atoms with Crippen molar-refractivity contribution in [2.24, 2.45) is 0 Å². The maximum atomic E-state index is 13.1. The number of unbranched alkanes of at least 4 members (excludes halogenated alkanes) is 23. The van der Waals surface area contributed by atoms with E-state index in [1.165, 1.54) is 44.9 Å². The van der Waals surface area contributed by atoms with E-state index in [0.717, 1.165) is 180 Å². The number of allylic oxidation sites excluding steroid dienone is 26. The van der Waals surface area contributed by atoms with Crippen LogP contribution >= 0.6 is 15.6 Å². The van der Waals surface area contributed by atoms with Crippen molar-refractivity contribution >= 4 is 39.5 Å². The van der Waals surface area contributed by atoms with Crippen molar-refractivity contribution in [3.8, 4) is 0 Å². The van der Waals surface area contributed by atoms with Crippen molar-refractivity contribution in [1.82, 2.24) is 0 Å². The van der Waals surface area contributed by atoms with Gasteiger partial charge in [-0.2, -0.15) is 0 Å². The summed E-state index contributed by atoms with van der Waals surface area (Å²) in [5, 5.41) is 10.6. The van der Waals surface area contributed by atoms with Crippen molar-refractivity contribution in [1.29, 1.82) is 0 Å². The summed E-state index contributed by atoms with van der Waals surface area (Å²) in [5.41, 5.74) is 0. The van der Waals surface area contributed by atoms with Crippen LogP contribution in [0.5, 0.6) is 0 Å². The first-order valence-electron chi connectivity index (χ1n) is 40.7. The molecule has 0 bridgehead atoms. The van der Waals surface area contributed by atoms with Crippen LogP contribution in [0.15, 0.2) is 158 Å². The van der Waals surface area contributed by atoms with Crippen LogP contribution in [0.2, 0.25) is 0 Å². The summed E-state index contributed by atoms with van der Waals surface area (Å²) in [5.74, 6) is -2.32. The van der Waals surface area contributed by atoms with Gasteiger partial charge in [0.1, 0.15) is 19.3 Å². The number of aliphatic hydroxyl groups is 1. The van der Waals surface area contributed by atoms with Gasteiger partial charge in [0.2, 0.25) is 0 Å². The Hall–Kier alpha value is -5.32. The fraction of sp³-hybridized carbons (Fsp3) is 0.655. The molecule has 0 aliphatic rings. The third-order valence-corrected chi connectivity index (χ3v) is 18.4. The van der Waals surface area contributed by atoms with E-state index in [0.29, 0.717) is 32.1 Å². The number of hydrogen-bond acceptors (Lipinski definition) is 15. The van der Waals surface area contributed by atoms with Gasteiger partial charge in [-0.25, -0.2) is 9.13 Å². The molecule has 0 fully saturated rings. The van der Waals surface area contributed by atoms with Gasteiger partial charge < -0.3 is 33.8 Å². The van der Waals surface area contributed by atoms with Gasteiger partial charge in [0.05, 0.1) is 26.4 Å². The summed E-state index contributed by atoms with van der Waals surface area (Å²) in [7, 11) is -10.00. The molecule has 0 aromatic heterocycles. The molecule has 0 spiro atoms. The van der Waals surface area contributed by atoms with Crippen LogP contribution < -0.4 is 0 Å². The summed E-state index contributed by atoms with van der Waals surface area (Å²) < 4.78 is 68.6. The lowest BCUT2D eigenvalue weighted by Gasteiger charge is -2.21. The molecule has 5 unspecified atom stereocenters. The SMILES string of the molecule is CC/C=C\C/C=C\C/C=C\C/C=C\C/C=C\C/C=C\CCC(=O)OCC(COP(=O)(O)OCC(O)COP(=O)(O)OCC(COC(=O)CCCCCCCC/C=C\C/C=C\C/C=C\C/C=C\CC)OC(=O)CCCCCCC/C=C\CCCCCC)OC(=O)CCCCCCC/C=C\C/C=C\CCCCC. The Kier molecular flexibility index (Phi) is 73.9. The number of carbonyl (C=O) groups excluding carboxylic acids is 4. The van der Waals surface area contributed by atoms with Crippen molar-refractivity contribution in [3.63, 3.8) is 0 Å². The molecule has 0 saturated carbocycles. The smallest absolute Gasteiger partial charge is 0.462 e. The molecule has 0 aromatic rings. The predicted molar refractivity (Wildman–Crippen MR) is 436 cm³/mol. The molecule has 0 aliphatic heterocycles. The molecule has 3 N–H and O–H groups in total. The zero-order valence-electron chi connectivity index (χ0n) is 66.1. The number of carbonyl (C=O) groups is 4. The molecule has 17 nitrogen and oxygen atoms in total. The number of rotatable bonds is 75. The number of phosphoric acid groups is 2. The molecule has 0 rings (SSSR count). The van der Waals surface area contributed by atoms with Crippen LogP contribution in [0.4, 0.5) is 0 Å². The van der Waals surface area contributed by atoms with Gasteiger partial charge in [-0.15, -0.1) is 0 Å². The van der Waals surface area contributed by atoms with E-state index in [9.17, 15) is 43.2 Å². The topological polar surface area (TPSA) is 237 Å². The van der Waals surface area contributed by atoms with Crippen molar-refractivity contribution in [3.05, 3.63) is 158 Å². The fourth-order valence-corrected chi connectivity index (χ4v) is 11.9. The first-order chi connectivity index (χ1) is 51.7. The Labute approximate surface area is 642 Å². The van der Waals surface area contributed by atoms with E-state index in [2.05, 4.69) is 167 Å². The van der Waals surface area contributed by atoms with Crippen LogP contribution in [0.25, 0.3) is 0 Å². The summed E-state index contributed by atoms with van der Waals surface area (Å²) in [6, 6.07) is 0. The minimum atomic E-state index is -5.00. The lowest BCUT2D eigenvalue weighted by Crippen LogP contribution is -2.30.